The summed E-state index contributed by atoms with van der Waals surface area (Å²) in [5.74, 6) is -0.381. The van der Waals surface area contributed by atoms with E-state index >= 15 is 0 Å². The molecular formula is C22H26FN3O4. The summed E-state index contributed by atoms with van der Waals surface area (Å²) in [6, 6.07) is 6.03. The lowest BCUT2D eigenvalue weighted by Gasteiger charge is -2.32. The van der Waals surface area contributed by atoms with E-state index < -0.39 is 0 Å². The van der Waals surface area contributed by atoms with Crippen molar-refractivity contribution in [3.05, 3.63) is 35.8 Å². The number of nitrogens with one attached hydrogen (secondary N) is 1. The van der Waals surface area contributed by atoms with E-state index in [9.17, 15) is 14.0 Å². The number of rotatable bonds is 5. The Morgan fingerprint density at radius 3 is 2.57 bits per heavy atom. The second kappa shape index (κ2) is 8.95. The van der Waals surface area contributed by atoms with Crippen LogP contribution in [0.4, 0.5) is 10.3 Å². The summed E-state index contributed by atoms with van der Waals surface area (Å²) in [6.45, 7) is 3.66. The van der Waals surface area contributed by atoms with Gasteiger partial charge in [0.15, 0.2) is 0 Å². The zero-order valence-corrected chi connectivity index (χ0v) is 17.0. The first-order valence-corrected chi connectivity index (χ1v) is 10.5. The van der Waals surface area contributed by atoms with Crippen molar-refractivity contribution in [3.8, 4) is 11.1 Å². The molecule has 1 aromatic carbocycles. The zero-order valence-electron chi connectivity index (χ0n) is 17.0. The van der Waals surface area contributed by atoms with Crippen LogP contribution in [0.5, 0.6) is 0 Å². The average molecular weight is 415 g/mol. The summed E-state index contributed by atoms with van der Waals surface area (Å²) < 4.78 is 24.2. The number of amides is 2. The minimum Gasteiger partial charge on any atom is -0.368 e. The van der Waals surface area contributed by atoms with Gasteiger partial charge in [-0.15, -0.1) is 0 Å². The van der Waals surface area contributed by atoms with E-state index in [0.717, 1.165) is 18.4 Å². The zero-order chi connectivity index (χ0) is 21.1. The van der Waals surface area contributed by atoms with E-state index in [2.05, 4.69) is 10.5 Å². The Hall–Kier alpha value is -2.74. The van der Waals surface area contributed by atoms with Crippen LogP contribution in [-0.2, 0) is 20.7 Å². The standard InChI is InChI=1S/C22H26FN3O4/c1-2-17-19(14-5-7-16(23)8-6-14)21(30-25-17)24-20(27)15-9-11-26(12-10-15)22(28)18-4-3-13-29-18/h5-8,15,18H,2-4,9-13H2,1H3,(H,24,27). The van der Waals surface area contributed by atoms with E-state index in [4.69, 9.17) is 9.26 Å². The van der Waals surface area contributed by atoms with Crippen LogP contribution >= 0.6 is 0 Å². The average Bonchev–Trinajstić information content (AvgIpc) is 3.44. The Bertz CT molecular complexity index is 898. The molecule has 2 aromatic rings. The molecule has 2 fully saturated rings. The minimum absolute atomic E-state index is 0.0350. The molecular weight excluding hydrogens is 389 g/mol. The van der Waals surface area contributed by atoms with Gasteiger partial charge >= 0.3 is 0 Å². The van der Waals surface area contributed by atoms with Gasteiger partial charge in [0, 0.05) is 25.6 Å². The highest BCUT2D eigenvalue weighted by atomic mass is 19.1. The quantitative estimate of drug-likeness (QED) is 0.809. The highest BCUT2D eigenvalue weighted by Crippen LogP contribution is 2.33. The highest BCUT2D eigenvalue weighted by molar-refractivity contribution is 5.95. The van der Waals surface area contributed by atoms with Crippen LogP contribution in [-0.4, -0.2) is 47.7 Å². The Labute approximate surface area is 174 Å². The lowest BCUT2D eigenvalue weighted by atomic mass is 9.95. The van der Waals surface area contributed by atoms with Crippen molar-refractivity contribution in [1.29, 1.82) is 0 Å². The summed E-state index contributed by atoms with van der Waals surface area (Å²) in [4.78, 5) is 27.1. The summed E-state index contributed by atoms with van der Waals surface area (Å²) in [5.41, 5.74) is 2.12. The summed E-state index contributed by atoms with van der Waals surface area (Å²) in [7, 11) is 0. The first-order chi connectivity index (χ1) is 14.6. The third-order valence-corrected chi connectivity index (χ3v) is 5.85. The van der Waals surface area contributed by atoms with Gasteiger partial charge < -0.3 is 14.2 Å². The van der Waals surface area contributed by atoms with Crippen LogP contribution < -0.4 is 5.32 Å². The van der Waals surface area contributed by atoms with Crippen LogP contribution in [0, 0.1) is 11.7 Å². The predicted molar refractivity (Wildman–Crippen MR) is 108 cm³/mol. The fourth-order valence-corrected chi connectivity index (χ4v) is 4.12. The number of ether oxygens (including phenoxy) is 1. The molecule has 4 rings (SSSR count). The minimum atomic E-state index is -0.330. The lowest BCUT2D eigenvalue weighted by molar-refractivity contribution is -0.143. The molecule has 0 radical (unpaired) electrons. The first-order valence-electron chi connectivity index (χ1n) is 10.5. The number of anilines is 1. The number of aryl methyl sites for hydroxylation is 1. The first kappa shape index (κ1) is 20.5. The van der Waals surface area contributed by atoms with Crippen molar-refractivity contribution in [2.75, 3.05) is 25.0 Å². The van der Waals surface area contributed by atoms with Gasteiger partial charge in [0.1, 0.15) is 11.9 Å². The molecule has 7 nitrogen and oxygen atoms in total. The van der Waals surface area contributed by atoms with Crippen molar-refractivity contribution in [2.45, 2.75) is 45.1 Å². The van der Waals surface area contributed by atoms with Gasteiger partial charge in [-0.1, -0.05) is 24.2 Å². The molecule has 1 aromatic heterocycles. The molecule has 1 unspecified atom stereocenters. The fourth-order valence-electron chi connectivity index (χ4n) is 4.12. The molecule has 1 N–H and O–H groups in total. The maximum Gasteiger partial charge on any atom is 0.251 e. The maximum atomic E-state index is 13.3. The third-order valence-electron chi connectivity index (χ3n) is 5.85. The van der Waals surface area contributed by atoms with E-state index in [1.807, 2.05) is 6.92 Å². The lowest BCUT2D eigenvalue weighted by Crippen LogP contribution is -2.45. The number of benzene rings is 1. The summed E-state index contributed by atoms with van der Waals surface area (Å²) in [6.07, 6.45) is 3.17. The molecule has 2 aliphatic heterocycles. The largest absolute Gasteiger partial charge is 0.368 e. The van der Waals surface area contributed by atoms with Gasteiger partial charge in [0.2, 0.25) is 11.8 Å². The van der Waals surface area contributed by atoms with Gasteiger partial charge in [-0.2, -0.15) is 0 Å². The van der Waals surface area contributed by atoms with Gasteiger partial charge in [-0.05, 0) is 49.8 Å². The van der Waals surface area contributed by atoms with E-state index in [0.29, 0.717) is 50.2 Å². The number of hydrogen-bond acceptors (Lipinski definition) is 5. The van der Waals surface area contributed by atoms with Crippen molar-refractivity contribution in [3.63, 3.8) is 0 Å². The Morgan fingerprint density at radius 1 is 1.20 bits per heavy atom. The number of hydrogen-bond donors (Lipinski definition) is 1. The molecule has 0 saturated carbocycles. The predicted octanol–water partition coefficient (Wildman–Crippen LogP) is 3.40. The number of likely N-dealkylation sites (tertiary alicyclic amines) is 1. The number of carbonyl (C=O) groups is 2. The Morgan fingerprint density at radius 2 is 1.93 bits per heavy atom. The molecule has 0 spiro atoms. The topological polar surface area (TPSA) is 84.7 Å². The normalized spacial score (nSPS) is 19.8. The van der Waals surface area contributed by atoms with E-state index in [-0.39, 0.29) is 35.5 Å². The number of carbonyl (C=O) groups excluding carboxylic acids is 2. The fraction of sp³-hybridized carbons (Fsp3) is 0.500. The van der Waals surface area contributed by atoms with Crippen molar-refractivity contribution in [1.82, 2.24) is 10.1 Å². The summed E-state index contributed by atoms with van der Waals surface area (Å²) >= 11 is 0. The van der Waals surface area contributed by atoms with Gasteiger partial charge in [0.25, 0.3) is 5.91 Å². The smallest absolute Gasteiger partial charge is 0.251 e. The number of halogens is 1. The van der Waals surface area contributed by atoms with Gasteiger partial charge in [0.05, 0.1) is 11.3 Å². The number of nitrogens with zero attached hydrogens (tertiary/aromatic N) is 2. The second-order valence-electron chi connectivity index (χ2n) is 7.78. The molecule has 0 bridgehead atoms. The number of piperidine rings is 1. The molecule has 2 amide bonds. The molecule has 160 valence electrons. The van der Waals surface area contributed by atoms with E-state index in [1.54, 1.807) is 17.0 Å². The van der Waals surface area contributed by atoms with Crippen LogP contribution in [0.25, 0.3) is 11.1 Å². The molecule has 30 heavy (non-hydrogen) atoms. The molecule has 8 heteroatoms. The van der Waals surface area contributed by atoms with Crippen LogP contribution in [0.1, 0.15) is 38.3 Å². The summed E-state index contributed by atoms with van der Waals surface area (Å²) in [5, 5.41) is 6.92. The molecule has 2 saturated heterocycles. The molecule has 1 atom stereocenters. The Kier molecular flexibility index (Phi) is 6.13. The molecule has 3 heterocycles. The number of aromatic nitrogens is 1. The van der Waals surface area contributed by atoms with Crippen LogP contribution in [0.3, 0.4) is 0 Å². The monoisotopic (exact) mass is 415 g/mol. The third kappa shape index (κ3) is 4.23. The highest BCUT2D eigenvalue weighted by Gasteiger charge is 2.33. The van der Waals surface area contributed by atoms with Crippen molar-refractivity contribution < 1.29 is 23.2 Å². The van der Waals surface area contributed by atoms with Crippen molar-refractivity contribution in [2.24, 2.45) is 5.92 Å². The van der Waals surface area contributed by atoms with Crippen molar-refractivity contribution >= 4 is 17.7 Å². The van der Waals surface area contributed by atoms with Crippen LogP contribution in [0.2, 0.25) is 0 Å². The second-order valence-corrected chi connectivity index (χ2v) is 7.78. The van der Waals surface area contributed by atoms with Crippen LogP contribution in [0.15, 0.2) is 28.8 Å². The molecule has 2 aliphatic rings. The SMILES string of the molecule is CCc1noc(NC(=O)C2CCN(C(=O)C3CCCO3)CC2)c1-c1ccc(F)cc1. The maximum absolute atomic E-state index is 13.3. The van der Waals surface area contributed by atoms with E-state index in [1.165, 1.54) is 12.1 Å². The molecule has 0 aliphatic carbocycles. The van der Waals surface area contributed by atoms with Gasteiger partial charge in [-0.25, -0.2) is 4.39 Å². The van der Waals surface area contributed by atoms with Gasteiger partial charge in [-0.3, -0.25) is 14.9 Å². The Balaban J connectivity index is 1.40.